The molecule has 0 aromatic heterocycles. The van der Waals surface area contributed by atoms with E-state index in [0.717, 1.165) is 15.9 Å². The summed E-state index contributed by atoms with van der Waals surface area (Å²) in [5.41, 5.74) is 2.57. The first-order chi connectivity index (χ1) is 8.69. The van der Waals surface area contributed by atoms with E-state index in [2.05, 4.69) is 57.6 Å². The highest BCUT2D eigenvalue weighted by atomic mass is 79.9. The summed E-state index contributed by atoms with van der Waals surface area (Å²) >= 11 is 9.36. The molecule has 0 aliphatic rings. The number of hydrogen-bond acceptors (Lipinski definition) is 1. The van der Waals surface area contributed by atoms with Crippen molar-refractivity contribution in [1.82, 2.24) is 5.32 Å². The van der Waals surface area contributed by atoms with E-state index < -0.39 is 0 Å². The van der Waals surface area contributed by atoms with Gasteiger partial charge in [-0.1, -0.05) is 51.8 Å². The Hall–Kier alpha value is -0.830. The number of halogens is 2. The molecule has 0 aliphatic carbocycles. The van der Waals surface area contributed by atoms with E-state index in [1.807, 2.05) is 19.2 Å². The molecule has 0 saturated heterocycles. The van der Waals surface area contributed by atoms with Gasteiger partial charge in [-0.2, -0.15) is 0 Å². The Kier molecular flexibility index (Phi) is 4.81. The van der Waals surface area contributed by atoms with Gasteiger partial charge in [0.05, 0.1) is 0 Å². The molecule has 0 radical (unpaired) electrons. The summed E-state index contributed by atoms with van der Waals surface area (Å²) in [6.07, 6.45) is 0.964. The lowest BCUT2D eigenvalue weighted by Gasteiger charge is -2.17. The monoisotopic (exact) mass is 323 g/mol. The SMILES string of the molecule is CNC(Cc1ccc(Br)cc1)c1ccc(Cl)cc1. The molecule has 2 aromatic rings. The van der Waals surface area contributed by atoms with Gasteiger partial charge in [0.2, 0.25) is 0 Å². The Morgan fingerprint density at radius 2 is 1.67 bits per heavy atom. The van der Waals surface area contributed by atoms with Gasteiger partial charge in [0.1, 0.15) is 0 Å². The summed E-state index contributed by atoms with van der Waals surface area (Å²) in [6, 6.07) is 16.8. The van der Waals surface area contributed by atoms with Crippen LogP contribution >= 0.6 is 27.5 Å². The van der Waals surface area contributed by atoms with Crippen LogP contribution in [0.5, 0.6) is 0 Å². The van der Waals surface area contributed by atoms with Crippen LogP contribution in [0.25, 0.3) is 0 Å². The molecular weight excluding hydrogens is 310 g/mol. The van der Waals surface area contributed by atoms with Gasteiger partial charge in [0.15, 0.2) is 0 Å². The van der Waals surface area contributed by atoms with Crippen molar-refractivity contribution < 1.29 is 0 Å². The Morgan fingerprint density at radius 3 is 2.22 bits per heavy atom. The minimum Gasteiger partial charge on any atom is -0.313 e. The van der Waals surface area contributed by atoms with Crippen molar-refractivity contribution in [3.8, 4) is 0 Å². The van der Waals surface area contributed by atoms with E-state index in [0.29, 0.717) is 6.04 Å². The van der Waals surface area contributed by atoms with Crippen LogP contribution in [0.2, 0.25) is 5.02 Å². The molecule has 2 aromatic carbocycles. The Morgan fingerprint density at radius 1 is 1.06 bits per heavy atom. The van der Waals surface area contributed by atoms with Gasteiger partial charge in [0.25, 0.3) is 0 Å². The lowest BCUT2D eigenvalue weighted by Crippen LogP contribution is -2.18. The lowest BCUT2D eigenvalue weighted by atomic mass is 9.99. The van der Waals surface area contributed by atoms with E-state index in [1.165, 1.54) is 11.1 Å². The third-order valence-corrected chi connectivity index (χ3v) is 3.75. The third-order valence-electron chi connectivity index (χ3n) is 2.97. The van der Waals surface area contributed by atoms with E-state index in [-0.39, 0.29) is 0 Å². The second kappa shape index (κ2) is 6.37. The van der Waals surface area contributed by atoms with Crippen molar-refractivity contribution in [3.05, 3.63) is 69.2 Å². The van der Waals surface area contributed by atoms with Crippen LogP contribution in [0.15, 0.2) is 53.0 Å². The quantitative estimate of drug-likeness (QED) is 0.866. The van der Waals surface area contributed by atoms with Crippen LogP contribution in [0.3, 0.4) is 0 Å². The van der Waals surface area contributed by atoms with Crippen LogP contribution < -0.4 is 5.32 Å². The minimum atomic E-state index is 0.309. The molecule has 0 bridgehead atoms. The molecule has 0 aliphatic heterocycles. The molecule has 0 saturated carbocycles. The van der Waals surface area contributed by atoms with Crippen LogP contribution in [0, 0.1) is 0 Å². The first kappa shape index (κ1) is 13.6. The Bertz CT molecular complexity index is 493. The van der Waals surface area contributed by atoms with E-state index in [4.69, 9.17) is 11.6 Å². The second-order valence-corrected chi connectivity index (χ2v) is 5.58. The fraction of sp³-hybridized carbons (Fsp3) is 0.200. The predicted molar refractivity (Wildman–Crippen MR) is 81.1 cm³/mol. The van der Waals surface area contributed by atoms with Gasteiger partial charge >= 0.3 is 0 Å². The van der Waals surface area contributed by atoms with Gasteiger partial charge < -0.3 is 5.32 Å². The molecule has 1 unspecified atom stereocenters. The first-order valence-corrected chi connectivity index (χ1v) is 7.03. The average molecular weight is 325 g/mol. The molecule has 0 fully saturated rings. The summed E-state index contributed by atoms with van der Waals surface area (Å²) in [5.74, 6) is 0. The van der Waals surface area contributed by atoms with Crippen molar-refractivity contribution in [2.45, 2.75) is 12.5 Å². The van der Waals surface area contributed by atoms with Crippen molar-refractivity contribution in [2.75, 3.05) is 7.05 Å². The standard InChI is InChI=1S/C15H15BrClN/c1-18-15(12-4-8-14(17)9-5-12)10-11-2-6-13(16)7-3-11/h2-9,15,18H,10H2,1H3. The minimum absolute atomic E-state index is 0.309. The highest BCUT2D eigenvalue weighted by Crippen LogP contribution is 2.21. The number of nitrogens with one attached hydrogen (secondary N) is 1. The van der Waals surface area contributed by atoms with Crippen molar-refractivity contribution in [3.63, 3.8) is 0 Å². The highest BCUT2D eigenvalue weighted by Gasteiger charge is 2.09. The molecule has 18 heavy (non-hydrogen) atoms. The number of rotatable bonds is 4. The van der Waals surface area contributed by atoms with Crippen LogP contribution in [-0.4, -0.2) is 7.05 Å². The van der Waals surface area contributed by atoms with E-state index in [1.54, 1.807) is 0 Å². The van der Waals surface area contributed by atoms with Gasteiger partial charge in [0, 0.05) is 15.5 Å². The van der Waals surface area contributed by atoms with Crippen LogP contribution in [-0.2, 0) is 6.42 Å². The zero-order valence-corrected chi connectivity index (χ0v) is 12.5. The van der Waals surface area contributed by atoms with Gasteiger partial charge in [-0.25, -0.2) is 0 Å². The topological polar surface area (TPSA) is 12.0 Å². The molecule has 0 heterocycles. The fourth-order valence-electron chi connectivity index (χ4n) is 1.94. The molecule has 1 atom stereocenters. The molecule has 0 spiro atoms. The van der Waals surface area contributed by atoms with E-state index >= 15 is 0 Å². The maximum atomic E-state index is 5.91. The van der Waals surface area contributed by atoms with Gasteiger partial charge in [-0.15, -0.1) is 0 Å². The van der Waals surface area contributed by atoms with Crippen molar-refractivity contribution in [1.29, 1.82) is 0 Å². The molecule has 1 N–H and O–H groups in total. The Labute approximate surface area is 121 Å². The molecule has 1 nitrogen and oxygen atoms in total. The van der Waals surface area contributed by atoms with Crippen molar-refractivity contribution >= 4 is 27.5 Å². The molecule has 2 rings (SSSR count). The fourth-order valence-corrected chi connectivity index (χ4v) is 2.33. The summed E-state index contributed by atoms with van der Waals surface area (Å²) in [5, 5.41) is 4.12. The molecule has 94 valence electrons. The smallest absolute Gasteiger partial charge is 0.0406 e. The normalized spacial score (nSPS) is 12.4. The maximum absolute atomic E-state index is 5.91. The zero-order chi connectivity index (χ0) is 13.0. The number of benzene rings is 2. The number of likely N-dealkylation sites (N-methyl/N-ethyl adjacent to an activating group) is 1. The van der Waals surface area contributed by atoms with Crippen LogP contribution in [0.1, 0.15) is 17.2 Å². The van der Waals surface area contributed by atoms with Gasteiger partial charge in [-0.05, 0) is 48.9 Å². The third kappa shape index (κ3) is 3.58. The summed E-state index contributed by atoms with van der Waals surface area (Å²) < 4.78 is 1.11. The maximum Gasteiger partial charge on any atom is 0.0406 e. The molecular formula is C15H15BrClN. The summed E-state index contributed by atoms with van der Waals surface area (Å²) in [7, 11) is 1.98. The zero-order valence-electron chi connectivity index (χ0n) is 10.2. The largest absolute Gasteiger partial charge is 0.313 e. The Balaban J connectivity index is 2.14. The second-order valence-electron chi connectivity index (χ2n) is 4.22. The summed E-state index contributed by atoms with van der Waals surface area (Å²) in [4.78, 5) is 0. The van der Waals surface area contributed by atoms with E-state index in [9.17, 15) is 0 Å². The lowest BCUT2D eigenvalue weighted by molar-refractivity contribution is 0.592. The first-order valence-electron chi connectivity index (χ1n) is 5.86. The molecule has 3 heteroatoms. The predicted octanol–water partition coefficient (Wildman–Crippen LogP) is 4.61. The van der Waals surface area contributed by atoms with Gasteiger partial charge in [-0.3, -0.25) is 0 Å². The average Bonchev–Trinajstić information content (AvgIpc) is 2.39. The number of hydrogen-bond donors (Lipinski definition) is 1. The molecule has 0 amide bonds. The highest BCUT2D eigenvalue weighted by molar-refractivity contribution is 9.10. The van der Waals surface area contributed by atoms with Crippen molar-refractivity contribution in [2.24, 2.45) is 0 Å². The van der Waals surface area contributed by atoms with Crippen LogP contribution in [0.4, 0.5) is 0 Å². The summed E-state index contributed by atoms with van der Waals surface area (Å²) in [6.45, 7) is 0.